The summed E-state index contributed by atoms with van der Waals surface area (Å²) >= 11 is 0. The fraction of sp³-hybridized carbons (Fsp3) is 0.579. The van der Waals surface area contributed by atoms with E-state index >= 15 is 0 Å². The van der Waals surface area contributed by atoms with E-state index in [1.807, 2.05) is 4.90 Å². The van der Waals surface area contributed by atoms with Crippen LogP contribution in [-0.2, 0) is 16.2 Å². The van der Waals surface area contributed by atoms with Crippen LogP contribution in [0.3, 0.4) is 0 Å². The molecule has 1 saturated carbocycles. The Labute approximate surface area is 190 Å². The van der Waals surface area contributed by atoms with Crippen LogP contribution < -0.4 is 28.0 Å². The van der Waals surface area contributed by atoms with Gasteiger partial charge in [0.1, 0.15) is 4.90 Å². The second-order valence-electron chi connectivity index (χ2n) is 8.72. The van der Waals surface area contributed by atoms with Crippen molar-refractivity contribution in [2.75, 3.05) is 13.1 Å². The number of hydrogen-bond acceptors (Lipinski definition) is 6. The van der Waals surface area contributed by atoms with E-state index in [0.29, 0.717) is 31.5 Å². The van der Waals surface area contributed by atoms with Crippen LogP contribution in [0.25, 0.3) is 0 Å². The predicted molar refractivity (Wildman–Crippen MR) is 117 cm³/mol. The van der Waals surface area contributed by atoms with Gasteiger partial charge in [-0.3, -0.25) is 5.41 Å². The van der Waals surface area contributed by atoms with Crippen LogP contribution in [0.4, 0.5) is 13.2 Å². The van der Waals surface area contributed by atoms with Gasteiger partial charge in [-0.05, 0) is 61.5 Å². The molecule has 10 N–H and O–H groups in total. The zero-order chi connectivity index (χ0) is 24.6. The van der Waals surface area contributed by atoms with E-state index in [1.54, 1.807) is 0 Å². The fourth-order valence-electron chi connectivity index (χ4n) is 5.14. The first-order chi connectivity index (χ1) is 15.3. The lowest BCUT2D eigenvalue weighted by atomic mass is 9.64. The number of amidine groups is 1. The van der Waals surface area contributed by atoms with Gasteiger partial charge in [-0.15, -0.1) is 0 Å². The quantitative estimate of drug-likeness (QED) is 0.158. The van der Waals surface area contributed by atoms with Crippen molar-refractivity contribution < 1.29 is 21.6 Å². The highest BCUT2D eigenvalue weighted by atomic mass is 32.2. The molecule has 0 atom stereocenters. The summed E-state index contributed by atoms with van der Waals surface area (Å²) in [4.78, 5) is 0.727. The summed E-state index contributed by atoms with van der Waals surface area (Å²) in [6.45, 7) is 1.37. The highest BCUT2D eigenvalue weighted by Gasteiger charge is 2.43. The van der Waals surface area contributed by atoms with Crippen LogP contribution in [0.15, 0.2) is 22.1 Å². The van der Waals surface area contributed by atoms with E-state index < -0.39 is 32.5 Å². The van der Waals surface area contributed by atoms with Gasteiger partial charge in [0.05, 0.1) is 5.56 Å². The summed E-state index contributed by atoms with van der Waals surface area (Å²) in [5, 5.41) is 16.2. The Kier molecular flexibility index (Phi) is 6.82. The van der Waals surface area contributed by atoms with Gasteiger partial charge in [0.25, 0.3) is 0 Å². The van der Waals surface area contributed by atoms with Crippen molar-refractivity contribution in [1.29, 1.82) is 5.41 Å². The maximum atomic E-state index is 13.7. The van der Waals surface area contributed by atoms with Crippen molar-refractivity contribution in [3.05, 3.63) is 28.8 Å². The van der Waals surface area contributed by atoms with Gasteiger partial charge in [0.15, 0.2) is 11.8 Å². The van der Waals surface area contributed by atoms with Crippen molar-refractivity contribution >= 4 is 21.8 Å². The van der Waals surface area contributed by atoms with Crippen molar-refractivity contribution in [1.82, 2.24) is 10.3 Å². The van der Waals surface area contributed by atoms with Crippen LogP contribution in [0, 0.1) is 10.8 Å². The number of hydrazone groups is 1. The topological polar surface area (TPSA) is 190 Å². The van der Waals surface area contributed by atoms with Gasteiger partial charge in [-0.25, -0.2) is 19.4 Å². The molecule has 2 fully saturated rings. The normalized spacial score (nSPS) is 20.2. The number of alkyl halides is 3. The van der Waals surface area contributed by atoms with E-state index in [-0.39, 0.29) is 22.9 Å². The molecule has 1 aliphatic heterocycles. The Morgan fingerprint density at radius 2 is 1.76 bits per heavy atom. The maximum Gasteiger partial charge on any atom is 0.417 e. The first-order valence-electron chi connectivity index (χ1n) is 10.4. The molecule has 10 nitrogen and oxygen atoms in total. The summed E-state index contributed by atoms with van der Waals surface area (Å²) in [5.74, 6) is 10.2. The van der Waals surface area contributed by atoms with Gasteiger partial charge < -0.3 is 21.9 Å². The van der Waals surface area contributed by atoms with Crippen LogP contribution >= 0.6 is 0 Å². The van der Waals surface area contributed by atoms with Crippen LogP contribution in [0.1, 0.15) is 61.1 Å². The molecule has 1 saturated heterocycles. The second kappa shape index (κ2) is 8.99. The van der Waals surface area contributed by atoms with Gasteiger partial charge in [0.2, 0.25) is 10.0 Å². The zero-order valence-electron chi connectivity index (χ0n) is 18.0. The number of nitrogens with one attached hydrogen (secondary N) is 2. The zero-order valence-corrected chi connectivity index (χ0v) is 18.8. The molecule has 3 rings (SSSR count). The van der Waals surface area contributed by atoms with Crippen molar-refractivity contribution in [3.8, 4) is 0 Å². The Morgan fingerprint density at radius 3 is 2.18 bits per heavy atom. The molecule has 0 unspecified atom stereocenters. The molecular weight excluding hydrogens is 461 g/mol. The number of guanidine groups is 1. The molecule has 2 aliphatic rings. The third-order valence-corrected chi connectivity index (χ3v) is 7.93. The summed E-state index contributed by atoms with van der Waals surface area (Å²) in [7, 11) is -4.80. The second-order valence-corrected chi connectivity index (χ2v) is 10.2. The molecule has 1 aliphatic carbocycles. The molecule has 1 heterocycles. The standard InChI is InChI=1S/C19H29F3N8O2S/c20-19(21,22)13-2-1-12(14(16(28-25)29-26)15(13)33(27,31)32)11-3-5-18(6-4-11)7-9-30(10-8-18)17(23)24/h1-2,11H,3-10,25-26H2,(H3,23,24)(H,28,29)(H2,27,31,32). The van der Waals surface area contributed by atoms with Crippen LogP contribution in [-0.4, -0.2) is 38.2 Å². The van der Waals surface area contributed by atoms with E-state index in [0.717, 1.165) is 31.7 Å². The van der Waals surface area contributed by atoms with Crippen LogP contribution in [0.2, 0.25) is 0 Å². The molecule has 1 spiro atoms. The number of sulfonamides is 1. The Bertz CT molecular complexity index is 1040. The number of hydrogen-bond donors (Lipinski definition) is 6. The SMILES string of the molecule is N=C(N)N1CCC2(CCC(c3ccc(C(F)(F)F)c(S(N)(=O)=O)c3/C(=N/N)NN)CC2)CC1. The van der Waals surface area contributed by atoms with E-state index in [4.69, 9.17) is 28.0 Å². The number of likely N-dealkylation sites (tertiary alicyclic amines) is 1. The molecule has 14 heteroatoms. The summed E-state index contributed by atoms with van der Waals surface area (Å²) in [6.07, 6.45) is -0.372. The first-order valence-corrected chi connectivity index (χ1v) is 12.0. The van der Waals surface area contributed by atoms with E-state index in [1.165, 1.54) is 6.07 Å². The molecule has 184 valence electrons. The molecule has 0 amide bonds. The Balaban J connectivity index is 2.00. The molecule has 0 bridgehead atoms. The highest BCUT2D eigenvalue weighted by Crippen LogP contribution is 2.50. The van der Waals surface area contributed by atoms with Crippen molar-refractivity contribution in [2.45, 2.75) is 55.5 Å². The summed E-state index contributed by atoms with van der Waals surface area (Å²) in [5.41, 5.74) is 6.36. The Morgan fingerprint density at radius 1 is 1.18 bits per heavy atom. The van der Waals surface area contributed by atoms with Gasteiger partial charge >= 0.3 is 6.18 Å². The number of hydrazine groups is 1. The number of nitrogens with two attached hydrogens (primary N) is 4. The van der Waals surface area contributed by atoms with E-state index in [9.17, 15) is 21.6 Å². The number of benzene rings is 1. The minimum Gasteiger partial charge on any atom is -0.370 e. The third-order valence-electron chi connectivity index (χ3n) is 6.93. The summed E-state index contributed by atoms with van der Waals surface area (Å²) in [6, 6.07) is 2.00. The monoisotopic (exact) mass is 490 g/mol. The molecule has 0 radical (unpaired) electrons. The predicted octanol–water partition coefficient (Wildman–Crippen LogP) is 1.07. The average molecular weight is 491 g/mol. The Hall–Kier alpha value is -2.58. The first kappa shape index (κ1) is 25.1. The van der Waals surface area contributed by atoms with Crippen molar-refractivity contribution in [2.24, 2.45) is 33.1 Å². The molecule has 1 aromatic carbocycles. The van der Waals surface area contributed by atoms with Crippen molar-refractivity contribution in [3.63, 3.8) is 0 Å². The number of nitrogens with zero attached hydrogens (tertiary/aromatic N) is 2. The lowest BCUT2D eigenvalue weighted by molar-refractivity contribution is -0.139. The largest absolute Gasteiger partial charge is 0.417 e. The lowest BCUT2D eigenvalue weighted by Gasteiger charge is -2.46. The molecule has 1 aromatic rings. The van der Waals surface area contributed by atoms with Gasteiger partial charge in [-0.1, -0.05) is 6.07 Å². The summed E-state index contributed by atoms with van der Waals surface area (Å²) < 4.78 is 65.6. The van der Waals surface area contributed by atoms with E-state index in [2.05, 4.69) is 10.5 Å². The maximum absolute atomic E-state index is 13.7. The lowest BCUT2D eigenvalue weighted by Crippen LogP contribution is -2.46. The fourth-order valence-corrected chi connectivity index (χ4v) is 6.13. The average Bonchev–Trinajstić information content (AvgIpc) is 2.74. The smallest absolute Gasteiger partial charge is 0.370 e. The third kappa shape index (κ3) is 5.01. The molecule has 33 heavy (non-hydrogen) atoms. The molecular formula is C19H29F3N8O2S. The number of primary sulfonamides is 1. The number of halogens is 3. The number of rotatable bonds is 3. The van der Waals surface area contributed by atoms with Crippen LogP contribution in [0.5, 0.6) is 0 Å². The number of piperidine rings is 1. The highest BCUT2D eigenvalue weighted by molar-refractivity contribution is 7.89. The van der Waals surface area contributed by atoms with Gasteiger partial charge in [0, 0.05) is 18.7 Å². The van der Waals surface area contributed by atoms with Gasteiger partial charge in [-0.2, -0.15) is 18.3 Å². The minimum absolute atomic E-state index is 0.0475. The molecule has 0 aromatic heterocycles. The minimum atomic E-state index is -4.97.